The molecule has 1 unspecified atom stereocenters. The van der Waals surface area contributed by atoms with Crippen molar-refractivity contribution in [3.8, 4) is 5.75 Å². The Morgan fingerprint density at radius 1 is 1.50 bits per heavy atom. The van der Waals surface area contributed by atoms with Crippen LogP contribution in [0.25, 0.3) is 0 Å². The normalized spacial score (nSPS) is 20.8. The van der Waals surface area contributed by atoms with Crippen LogP contribution in [0.4, 0.5) is 4.39 Å². The maximum absolute atomic E-state index is 14.0. The number of nitrogens with one attached hydrogen (secondary N) is 1. The van der Waals surface area contributed by atoms with E-state index in [2.05, 4.69) is 5.32 Å². The van der Waals surface area contributed by atoms with Gasteiger partial charge in [-0.3, -0.25) is 0 Å². The zero-order chi connectivity index (χ0) is 11.5. The van der Waals surface area contributed by atoms with Crippen molar-refractivity contribution in [2.75, 3.05) is 20.2 Å². The minimum Gasteiger partial charge on any atom is -0.495 e. The lowest BCUT2D eigenvalue weighted by Crippen LogP contribution is -2.28. The van der Waals surface area contributed by atoms with Gasteiger partial charge in [0.25, 0.3) is 0 Å². The lowest BCUT2D eigenvalue weighted by Gasteiger charge is -2.24. The second kappa shape index (κ2) is 5.02. The third-order valence-corrected chi connectivity index (χ3v) is 3.39. The fourth-order valence-electron chi connectivity index (χ4n) is 2.14. The molecule has 0 radical (unpaired) electrons. The van der Waals surface area contributed by atoms with Gasteiger partial charge in [0, 0.05) is 6.54 Å². The number of rotatable bonds is 2. The molecule has 0 spiro atoms. The topological polar surface area (TPSA) is 21.3 Å². The molecule has 0 bridgehead atoms. The molecule has 1 saturated heterocycles. The summed E-state index contributed by atoms with van der Waals surface area (Å²) in [6.45, 7) is 1.83. The third-order valence-electron chi connectivity index (χ3n) is 3.03. The molecule has 1 aliphatic rings. The molecular formula is C12H15ClFNO. The minimum absolute atomic E-state index is 0.0885. The van der Waals surface area contributed by atoms with E-state index in [1.54, 1.807) is 12.1 Å². The molecule has 2 rings (SSSR count). The monoisotopic (exact) mass is 243 g/mol. The molecule has 0 aromatic heterocycles. The first kappa shape index (κ1) is 11.7. The zero-order valence-electron chi connectivity index (χ0n) is 9.22. The van der Waals surface area contributed by atoms with Crippen LogP contribution < -0.4 is 10.1 Å². The van der Waals surface area contributed by atoms with Gasteiger partial charge < -0.3 is 10.1 Å². The standard InChI is InChI=1S/C12H15ClFNO/c1-16-10-5-4-9(12(14)11(10)13)8-3-2-6-15-7-8/h4-5,8,15H,2-3,6-7H2,1H3. The number of benzene rings is 1. The molecule has 0 amide bonds. The fraction of sp³-hybridized carbons (Fsp3) is 0.500. The minimum atomic E-state index is -0.338. The van der Waals surface area contributed by atoms with Gasteiger partial charge in [-0.1, -0.05) is 17.7 Å². The average molecular weight is 244 g/mol. The molecule has 2 nitrogen and oxygen atoms in total. The molecule has 1 aromatic rings. The predicted molar refractivity (Wildman–Crippen MR) is 62.8 cm³/mol. The summed E-state index contributed by atoms with van der Waals surface area (Å²) >= 11 is 5.90. The Morgan fingerprint density at radius 2 is 2.31 bits per heavy atom. The summed E-state index contributed by atoms with van der Waals surface area (Å²) in [5.41, 5.74) is 0.693. The lowest BCUT2D eigenvalue weighted by molar-refractivity contribution is 0.407. The van der Waals surface area contributed by atoms with Gasteiger partial charge in [0.1, 0.15) is 16.6 Å². The molecule has 1 fully saturated rings. The highest BCUT2D eigenvalue weighted by molar-refractivity contribution is 6.32. The van der Waals surface area contributed by atoms with Crippen LogP contribution in [0.3, 0.4) is 0 Å². The predicted octanol–water partition coefficient (Wildman–Crippen LogP) is 2.95. The first-order chi connectivity index (χ1) is 7.74. The van der Waals surface area contributed by atoms with Crippen LogP contribution in [0.2, 0.25) is 5.02 Å². The molecule has 0 aliphatic carbocycles. The Labute approximate surface area is 99.7 Å². The van der Waals surface area contributed by atoms with Crippen molar-refractivity contribution < 1.29 is 9.13 Å². The number of halogens is 2. The molecule has 4 heteroatoms. The average Bonchev–Trinajstić information content (AvgIpc) is 2.34. The Kier molecular flexibility index (Phi) is 3.66. The lowest BCUT2D eigenvalue weighted by atomic mass is 9.91. The largest absolute Gasteiger partial charge is 0.495 e. The maximum atomic E-state index is 14.0. The molecule has 1 N–H and O–H groups in total. The van der Waals surface area contributed by atoms with Gasteiger partial charge in [-0.25, -0.2) is 4.39 Å². The van der Waals surface area contributed by atoms with Gasteiger partial charge in [-0.05, 0) is 36.9 Å². The molecule has 88 valence electrons. The van der Waals surface area contributed by atoms with Gasteiger partial charge >= 0.3 is 0 Å². The molecule has 1 heterocycles. The second-order valence-corrected chi connectivity index (χ2v) is 4.41. The first-order valence-corrected chi connectivity index (χ1v) is 5.84. The third kappa shape index (κ3) is 2.15. The van der Waals surface area contributed by atoms with Crippen molar-refractivity contribution in [1.29, 1.82) is 0 Å². The summed E-state index contributed by atoms with van der Waals surface area (Å²) < 4.78 is 19.0. The van der Waals surface area contributed by atoms with Crippen LogP contribution in [-0.2, 0) is 0 Å². The highest BCUT2D eigenvalue weighted by Gasteiger charge is 2.21. The number of hydrogen-bond donors (Lipinski definition) is 1. The highest BCUT2D eigenvalue weighted by atomic mass is 35.5. The molecule has 16 heavy (non-hydrogen) atoms. The van der Waals surface area contributed by atoms with Gasteiger partial charge in [0.15, 0.2) is 0 Å². The van der Waals surface area contributed by atoms with Crippen molar-refractivity contribution in [2.45, 2.75) is 18.8 Å². The van der Waals surface area contributed by atoms with E-state index < -0.39 is 0 Å². The van der Waals surface area contributed by atoms with Crippen molar-refractivity contribution >= 4 is 11.6 Å². The van der Waals surface area contributed by atoms with Gasteiger partial charge in [-0.15, -0.1) is 0 Å². The second-order valence-electron chi connectivity index (χ2n) is 4.03. The quantitative estimate of drug-likeness (QED) is 0.862. The summed E-state index contributed by atoms with van der Waals surface area (Å²) in [4.78, 5) is 0. The smallest absolute Gasteiger partial charge is 0.149 e. The van der Waals surface area contributed by atoms with E-state index >= 15 is 0 Å². The van der Waals surface area contributed by atoms with E-state index in [9.17, 15) is 4.39 Å². The van der Waals surface area contributed by atoms with Gasteiger partial charge in [0.2, 0.25) is 0 Å². The van der Waals surface area contributed by atoms with E-state index in [1.807, 2.05) is 0 Å². The van der Waals surface area contributed by atoms with Crippen molar-refractivity contribution in [1.82, 2.24) is 5.32 Å². The molecule has 1 atom stereocenters. The summed E-state index contributed by atoms with van der Waals surface area (Å²) in [6, 6.07) is 3.51. The Balaban J connectivity index is 2.30. The number of ether oxygens (including phenoxy) is 1. The van der Waals surface area contributed by atoms with E-state index in [0.717, 1.165) is 25.9 Å². The van der Waals surface area contributed by atoms with E-state index in [0.29, 0.717) is 11.3 Å². The van der Waals surface area contributed by atoms with Crippen LogP contribution in [0.1, 0.15) is 24.3 Å². The SMILES string of the molecule is COc1ccc(C2CCCNC2)c(F)c1Cl. The van der Waals surface area contributed by atoms with Gasteiger partial charge in [0.05, 0.1) is 7.11 Å². The van der Waals surface area contributed by atoms with E-state index in [-0.39, 0.29) is 16.8 Å². The number of hydrogen-bond acceptors (Lipinski definition) is 2. The van der Waals surface area contributed by atoms with Crippen molar-refractivity contribution in [3.63, 3.8) is 0 Å². The number of piperidine rings is 1. The fourth-order valence-corrected chi connectivity index (χ4v) is 2.39. The van der Waals surface area contributed by atoms with Crippen LogP contribution in [-0.4, -0.2) is 20.2 Å². The van der Waals surface area contributed by atoms with E-state index in [4.69, 9.17) is 16.3 Å². The van der Waals surface area contributed by atoms with Gasteiger partial charge in [-0.2, -0.15) is 0 Å². The molecular weight excluding hydrogens is 229 g/mol. The highest BCUT2D eigenvalue weighted by Crippen LogP contribution is 2.34. The Bertz CT molecular complexity index is 378. The zero-order valence-corrected chi connectivity index (χ0v) is 9.98. The first-order valence-electron chi connectivity index (χ1n) is 5.46. The summed E-state index contributed by atoms with van der Waals surface area (Å²) in [7, 11) is 1.49. The maximum Gasteiger partial charge on any atom is 0.149 e. The number of methoxy groups -OCH3 is 1. The van der Waals surface area contributed by atoms with Crippen molar-refractivity contribution in [2.24, 2.45) is 0 Å². The molecule has 1 aliphatic heterocycles. The van der Waals surface area contributed by atoms with E-state index in [1.165, 1.54) is 7.11 Å². The summed E-state index contributed by atoms with van der Waals surface area (Å²) in [6.07, 6.45) is 2.08. The van der Waals surface area contributed by atoms with Crippen LogP contribution in [0.15, 0.2) is 12.1 Å². The van der Waals surface area contributed by atoms with Crippen LogP contribution >= 0.6 is 11.6 Å². The molecule has 1 aromatic carbocycles. The Morgan fingerprint density at radius 3 is 2.94 bits per heavy atom. The summed E-state index contributed by atoms with van der Waals surface area (Å²) in [5.74, 6) is 0.276. The van der Waals surface area contributed by atoms with Crippen LogP contribution in [0, 0.1) is 5.82 Å². The summed E-state index contributed by atoms with van der Waals surface area (Å²) in [5, 5.41) is 3.36. The van der Waals surface area contributed by atoms with Crippen molar-refractivity contribution in [3.05, 3.63) is 28.5 Å². The van der Waals surface area contributed by atoms with Crippen LogP contribution in [0.5, 0.6) is 5.75 Å². The molecule has 0 saturated carbocycles. The Hall–Kier alpha value is -0.800.